The molecule has 1 fully saturated rings. The molecule has 1 aliphatic heterocycles. The molecule has 70 valence electrons. The van der Waals surface area contributed by atoms with E-state index in [1.165, 1.54) is 24.5 Å². The second-order valence-electron chi connectivity index (χ2n) is 3.01. The van der Waals surface area contributed by atoms with E-state index in [0.29, 0.717) is 5.88 Å². The number of halogens is 1. The van der Waals surface area contributed by atoms with E-state index in [-0.39, 0.29) is 0 Å². The first kappa shape index (κ1) is 10.4. The van der Waals surface area contributed by atoms with Crippen LogP contribution in [-0.4, -0.2) is 30.5 Å². The van der Waals surface area contributed by atoms with Crippen LogP contribution in [-0.2, 0) is 0 Å². The smallest absolute Gasteiger partial charge is 0.0404 e. The lowest BCUT2D eigenvalue weighted by molar-refractivity contribution is 0.543. The largest absolute Gasteiger partial charge is 0.313 e. The van der Waals surface area contributed by atoms with Crippen molar-refractivity contribution in [3.05, 3.63) is 12.2 Å². The zero-order chi connectivity index (χ0) is 8.65. The molecule has 1 N–H and O–H groups in total. The number of rotatable bonds is 5. The van der Waals surface area contributed by atoms with Crippen LogP contribution in [0, 0.1) is 5.92 Å². The Morgan fingerprint density at radius 2 is 2.42 bits per heavy atom. The van der Waals surface area contributed by atoms with Gasteiger partial charge < -0.3 is 5.32 Å². The Kier molecular flexibility index (Phi) is 5.92. The number of nitrogens with one attached hydrogen (secondary N) is 1. The van der Waals surface area contributed by atoms with E-state index in [0.717, 1.165) is 12.5 Å². The molecule has 0 aromatic heterocycles. The molecule has 12 heavy (non-hydrogen) atoms. The van der Waals surface area contributed by atoms with Gasteiger partial charge in [-0.2, -0.15) is 11.8 Å². The van der Waals surface area contributed by atoms with Gasteiger partial charge in [0, 0.05) is 12.4 Å². The summed E-state index contributed by atoms with van der Waals surface area (Å²) in [7, 11) is 0. The topological polar surface area (TPSA) is 12.0 Å². The summed E-state index contributed by atoms with van der Waals surface area (Å²) in [5, 5.41) is 3.40. The van der Waals surface area contributed by atoms with Crippen LogP contribution in [0.1, 0.15) is 6.42 Å². The highest BCUT2D eigenvalue weighted by molar-refractivity contribution is 7.99. The molecular weight excluding hydrogens is 190 g/mol. The number of allylic oxidation sites excluding steroid dienone is 1. The molecule has 1 aliphatic rings. The van der Waals surface area contributed by atoms with E-state index in [9.17, 15) is 0 Å². The second kappa shape index (κ2) is 6.81. The van der Waals surface area contributed by atoms with Crippen LogP contribution in [0.2, 0.25) is 0 Å². The van der Waals surface area contributed by atoms with Gasteiger partial charge in [-0.1, -0.05) is 12.2 Å². The highest BCUT2D eigenvalue weighted by atomic mass is 35.5. The van der Waals surface area contributed by atoms with Gasteiger partial charge in [-0.15, -0.1) is 11.6 Å². The van der Waals surface area contributed by atoms with Gasteiger partial charge in [-0.3, -0.25) is 0 Å². The summed E-state index contributed by atoms with van der Waals surface area (Å²) in [6.45, 7) is 2.13. The Morgan fingerprint density at radius 1 is 1.50 bits per heavy atom. The van der Waals surface area contributed by atoms with Crippen LogP contribution >= 0.6 is 23.4 Å². The maximum Gasteiger partial charge on any atom is 0.0404 e. The molecule has 1 heterocycles. The predicted molar refractivity (Wildman–Crippen MR) is 58.2 cm³/mol. The van der Waals surface area contributed by atoms with Crippen LogP contribution in [0.25, 0.3) is 0 Å². The lowest BCUT2D eigenvalue weighted by Crippen LogP contribution is -2.22. The average molecular weight is 206 g/mol. The minimum absolute atomic E-state index is 0.626. The van der Waals surface area contributed by atoms with Crippen molar-refractivity contribution < 1.29 is 0 Å². The third kappa shape index (κ3) is 4.39. The van der Waals surface area contributed by atoms with Gasteiger partial charge >= 0.3 is 0 Å². The molecule has 0 bridgehead atoms. The van der Waals surface area contributed by atoms with Crippen molar-refractivity contribution in [3.63, 3.8) is 0 Å². The van der Waals surface area contributed by atoms with E-state index < -0.39 is 0 Å². The molecule has 1 nitrogen and oxygen atoms in total. The van der Waals surface area contributed by atoms with E-state index in [4.69, 9.17) is 11.6 Å². The minimum Gasteiger partial charge on any atom is -0.313 e. The number of thioether (sulfide) groups is 1. The maximum absolute atomic E-state index is 5.49. The van der Waals surface area contributed by atoms with Gasteiger partial charge in [0.1, 0.15) is 0 Å². The van der Waals surface area contributed by atoms with Crippen molar-refractivity contribution in [2.45, 2.75) is 6.42 Å². The minimum atomic E-state index is 0.626. The fourth-order valence-corrected chi connectivity index (χ4v) is 2.67. The summed E-state index contributed by atoms with van der Waals surface area (Å²) in [5.74, 6) is 4.22. The summed E-state index contributed by atoms with van der Waals surface area (Å²) in [6, 6.07) is 0. The van der Waals surface area contributed by atoms with Gasteiger partial charge in [0.05, 0.1) is 0 Å². The lowest BCUT2D eigenvalue weighted by Gasteiger charge is -2.07. The predicted octanol–water partition coefficient (Wildman–Crippen LogP) is 2.12. The third-order valence-corrected chi connectivity index (χ3v) is 3.38. The molecule has 0 aromatic rings. The molecule has 0 aromatic carbocycles. The monoisotopic (exact) mass is 205 g/mol. The molecule has 0 amide bonds. The first-order valence-electron chi connectivity index (χ1n) is 4.43. The van der Waals surface area contributed by atoms with E-state index >= 15 is 0 Å². The Balaban J connectivity index is 1.91. The van der Waals surface area contributed by atoms with Crippen molar-refractivity contribution in [2.24, 2.45) is 5.92 Å². The summed E-state index contributed by atoms with van der Waals surface area (Å²) in [6.07, 6.45) is 5.46. The number of hydrogen-bond acceptors (Lipinski definition) is 2. The fourth-order valence-electron chi connectivity index (χ4n) is 1.26. The highest BCUT2D eigenvalue weighted by Crippen LogP contribution is 2.22. The maximum atomic E-state index is 5.49. The molecule has 1 atom stereocenters. The quantitative estimate of drug-likeness (QED) is 0.419. The molecule has 0 aliphatic carbocycles. The lowest BCUT2D eigenvalue weighted by atomic mass is 10.1. The van der Waals surface area contributed by atoms with Crippen LogP contribution < -0.4 is 5.32 Å². The van der Waals surface area contributed by atoms with Crippen LogP contribution in [0.4, 0.5) is 0 Å². The standard InChI is InChI=1S/C9H16ClNS/c10-4-1-2-5-11-7-9-3-6-12-8-9/h1-2,9,11H,3-8H2/b2-1+. The third-order valence-electron chi connectivity index (χ3n) is 1.97. The summed E-state index contributed by atoms with van der Waals surface area (Å²) in [4.78, 5) is 0. The van der Waals surface area contributed by atoms with Crippen molar-refractivity contribution in [1.82, 2.24) is 5.32 Å². The molecular formula is C9H16ClNS. The number of alkyl halides is 1. The van der Waals surface area contributed by atoms with Crippen LogP contribution in [0.3, 0.4) is 0 Å². The van der Waals surface area contributed by atoms with E-state index in [2.05, 4.69) is 23.2 Å². The first-order valence-corrected chi connectivity index (χ1v) is 6.12. The van der Waals surface area contributed by atoms with E-state index in [1.54, 1.807) is 0 Å². The summed E-state index contributed by atoms with van der Waals surface area (Å²) < 4.78 is 0. The SMILES string of the molecule is ClC/C=C/CNCC1CCSC1. The van der Waals surface area contributed by atoms with Crippen LogP contribution in [0.5, 0.6) is 0 Å². The molecule has 0 spiro atoms. The molecule has 0 radical (unpaired) electrons. The summed E-state index contributed by atoms with van der Waals surface area (Å²) in [5.41, 5.74) is 0. The molecule has 1 unspecified atom stereocenters. The number of hydrogen-bond donors (Lipinski definition) is 1. The first-order chi connectivity index (χ1) is 5.93. The Hall–Kier alpha value is 0.340. The van der Waals surface area contributed by atoms with Gasteiger partial charge in [0.2, 0.25) is 0 Å². The van der Waals surface area contributed by atoms with Gasteiger partial charge in [-0.25, -0.2) is 0 Å². The fraction of sp³-hybridized carbons (Fsp3) is 0.778. The van der Waals surface area contributed by atoms with Gasteiger partial charge in [0.15, 0.2) is 0 Å². The van der Waals surface area contributed by atoms with E-state index in [1.807, 2.05) is 6.08 Å². The zero-order valence-electron chi connectivity index (χ0n) is 7.26. The second-order valence-corrected chi connectivity index (χ2v) is 4.47. The van der Waals surface area contributed by atoms with Crippen molar-refractivity contribution in [1.29, 1.82) is 0 Å². The molecule has 1 saturated heterocycles. The molecule has 3 heteroatoms. The zero-order valence-corrected chi connectivity index (χ0v) is 8.83. The van der Waals surface area contributed by atoms with Gasteiger partial charge in [0.25, 0.3) is 0 Å². The Labute approximate surface area is 83.9 Å². The normalized spacial score (nSPS) is 23.9. The molecule has 1 rings (SSSR count). The Morgan fingerprint density at radius 3 is 3.08 bits per heavy atom. The van der Waals surface area contributed by atoms with Crippen LogP contribution in [0.15, 0.2) is 12.2 Å². The van der Waals surface area contributed by atoms with Crippen molar-refractivity contribution in [2.75, 3.05) is 30.5 Å². The average Bonchev–Trinajstić information content (AvgIpc) is 2.57. The van der Waals surface area contributed by atoms with Crippen molar-refractivity contribution >= 4 is 23.4 Å². The van der Waals surface area contributed by atoms with Crippen molar-refractivity contribution in [3.8, 4) is 0 Å². The highest BCUT2D eigenvalue weighted by Gasteiger charge is 2.13. The van der Waals surface area contributed by atoms with Gasteiger partial charge in [-0.05, 0) is 30.4 Å². The Bertz CT molecular complexity index is 132. The summed E-state index contributed by atoms with van der Waals surface area (Å²) >= 11 is 7.56. The molecule has 0 saturated carbocycles.